The lowest BCUT2D eigenvalue weighted by molar-refractivity contribution is -0.384. The van der Waals surface area contributed by atoms with Gasteiger partial charge in [-0.15, -0.1) is 0 Å². The maximum Gasteiger partial charge on any atom is 0.294 e. The molecule has 1 fully saturated rings. The van der Waals surface area contributed by atoms with Crippen LogP contribution >= 0.6 is 11.8 Å². The molecule has 1 aliphatic heterocycles. The van der Waals surface area contributed by atoms with Gasteiger partial charge in [0.05, 0.1) is 16.5 Å². The third kappa shape index (κ3) is 3.96. The van der Waals surface area contributed by atoms with E-state index in [1.165, 1.54) is 17.0 Å². The van der Waals surface area contributed by atoms with E-state index >= 15 is 0 Å². The van der Waals surface area contributed by atoms with Gasteiger partial charge in [0.1, 0.15) is 0 Å². The number of hydrogen-bond donors (Lipinski definition) is 0. The maximum atomic E-state index is 12.3. The second-order valence-electron chi connectivity index (χ2n) is 4.90. The second-order valence-corrected chi connectivity index (χ2v) is 5.90. The van der Waals surface area contributed by atoms with Crippen molar-refractivity contribution in [3.63, 3.8) is 0 Å². The van der Waals surface area contributed by atoms with Crippen LogP contribution in [0.1, 0.15) is 19.4 Å². The smallest absolute Gasteiger partial charge is 0.286 e. The van der Waals surface area contributed by atoms with E-state index in [2.05, 4.69) is 0 Å². The van der Waals surface area contributed by atoms with Crippen molar-refractivity contribution >= 4 is 34.7 Å². The summed E-state index contributed by atoms with van der Waals surface area (Å²) < 4.78 is 0. The van der Waals surface area contributed by atoms with Gasteiger partial charge in [-0.3, -0.25) is 29.5 Å². The van der Waals surface area contributed by atoms with Crippen LogP contribution in [0, 0.1) is 10.1 Å². The van der Waals surface area contributed by atoms with Crippen LogP contribution in [0.2, 0.25) is 0 Å². The SMILES string of the molecule is CCN(CC)CN1C(=O)SC(=Cc2ccc([N+](=O)[O-])cc2)C1=O. The van der Waals surface area contributed by atoms with Crippen molar-refractivity contribution in [2.24, 2.45) is 0 Å². The highest BCUT2D eigenvalue weighted by Gasteiger charge is 2.35. The van der Waals surface area contributed by atoms with Gasteiger partial charge in [-0.05, 0) is 48.6 Å². The normalized spacial score (nSPS) is 16.7. The van der Waals surface area contributed by atoms with E-state index in [1.807, 2.05) is 18.7 Å². The summed E-state index contributed by atoms with van der Waals surface area (Å²) in [5.41, 5.74) is 0.626. The summed E-state index contributed by atoms with van der Waals surface area (Å²) in [5.74, 6) is -0.328. The summed E-state index contributed by atoms with van der Waals surface area (Å²) in [7, 11) is 0. The van der Waals surface area contributed by atoms with Crippen LogP contribution in [0.25, 0.3) is 6.08 Å². The lowest BCUT2D eigenvalue weighted by Crippen LogP contribution is -2.40. The molecule has 0 radical (unpaired) electrons. The van der Waals surface area contributed by atoms with Gasteiger partial charge in [-0.2, -0.15) is 0 Å². The number of nitro groups is 1. The molecule has 0 spiro atoms. The van der Waals surface area contributed by atoms with E-state index < -0.39 is 4.92 Å². The zero-order valence-electron chi connectivity index (χ0n) is 12.9. The Morgan fingerprint density at radius 2 is 1.83 bits per heavy atom. The van der Waals surface area contributed by atoms with Crippen LogP contribution in [0.5, 0.6) is 0 Å². The minimum Gasteiger partial charge on any atom is -0.286 e. The summed E-state index contributed by atoms with van der Waals surface area (Å²) in [6, 6.07) is 5.84. The number of thioether (sulfide) groups is 1. The molecule has 23 heavy (non-hydrogen) atoms. The quantitative estimate of drug-likeness (QED) is 0.451. The van der Waals surface area contributed by atoms with Crippen molar-refractivity contribution in [3.05, 3.63) is 44.8 Å². The van der Waals surface area contributed by atoms with Gasteiger partial charge in [0.25, 0.3) is 16.8 Å². The molecule has 0 unspecified atom stereocenters. The average Bonchev–Trinajstić information content (AvgIpc) is 2.80. The summed E-state index contributed by atoms with van der Waals surface area (Å²) in [6.45, 7) is 5.71. The number of non-ortho nitro benzene ring substituents is 1. The first-order chi connectivity index (χ1) is 11.0. The van der Waals surface area contributed by atoms with Gasteiger partial charge in [0, 0.05) is 12.1 Å². The molecule has 1 saturated heterocycles. The van der Waals surface area contributed by atoms with Crippen LogP contribution < -0.4 is 0 Å². The molecule has 2 rings (SSSR count). The van der Waals surface area contributed by atoms with Crippen LogP contribution in [-0.2, 0) is 4.79 Å². The Morgan fingerprint density at radius 3 is 2.35 bits per heavy atom. The Balaban J connectivity index is 2.16. The zero-order valence-corrected chi connectivity index (χ0v) is 13.7. The van der Waals surface area contributed by atoms with Crippen molar-refractivity contribution in [1.82, 2.24) is 9.80 Å². The molecule has 7 nitrogen and oxygen atoms in total. The minimum atomic E-state index is -0.484. The fourth-order valence-corrected chi connectivity index (χ4v) is 2.92. The molecule has 2 amide bonds. The molecule has 0 bridgehead atoms. The third-order valence-electron chi connectivity index (χ3n) is 3.51. The van der Waals surface area contributed by atoms with E-state index in [0.717, 1.165) is 24.9 Å². The van der Waals surface area contributed by atoms with Gasteiger partial charge in [-0.1, -0.05) is 13.8 Å². The van der Waals surface area contributed by atoms with Gasteiger partial charge in [-0.25, -0.2) is 0 Å². The monoisotopic (exact) mass is 335 g/mol. The van der Waals surface area contributed by atoms with E-state index in [4.69, 9.17) is 0 Å². The highest BCUT2D eigenvalue weighted by molar-refractivity contribution is 8.18. The van der Waals surface area contributed by atoms with Crippen LogP contribution in [0.3, 0.4) is 0 Å². The van der Waals surface area contributed by atoms with Crippen LogP contribution in [-0.4, -0.2) is 45.6 Å². The lowest BCUT2D eigenvalue weighted by atomic mass is 10.2. The highest BCUT2D eigenvalue weighted by Crippen LogP contribution is 2.32. The Hall–Kier alpha value is -2.19. The molecule has 1 heterocycles. The molecule has 1 aromatic rings. The molecule has 0 N–H and O–H groups in total. The van der Waals surface area contributed by atoms with E-state index in [-0.39, 0.29) is 23.5 Å². The van der Waals surface area contributed by atoms with E-state index in [1.54, 1.807) is 18.2 Å². The Kier molecular flexibility index (Phi) is 5.51. The fourth-order valence-electron chi connectivity index (χ4n) is 2.09. The van der Waals surface area contributed by atoms with E-state index in [9.17, 15) is 19.7 Å². The first-order valence-corrected chi connectivity index (χ1v) is 8.00. The standard InChI is InChI=1S/C15H17N3O4S/c1-3-16(4-2)10-17-14(19)13(23-15(17)20)9-11-5-7-12(8-6-11)18(21)22/h5-9H,3-4,10H2,1-2H3. The highest BCUT2D eigenvalue weighted by atomic mass is 32.2. The third-order valence-corrected chi connectivity index (χ3v) is 4.42. The maximum absolute atomic E-state index is 12.3. The number of benzene rings is 1. The summed E-state index contributed by atoms with van der Waals surface area (Å²) >= 11 is 0.888. The average molecular weight is 335 g/mol. The van der Waals surface area contributed by atoms with Crippen LogP contribution in [0.4, 0.5) is 10.5 Å². The number of amides is 2. The molecule has 0 aliphatic carbocycles. The predicted octanol–water partition coefficient (Wildman–Crippen LogP) is 2.93. The van der Waals surface area contributed by atoms with Crippen LogP contribution in [0.15, 0.2) is 29.2 Å². The van der Waals surface area contributed by atoms with Crippen molar-refractivity contribution in [2.75, 3.05) is 19.8 Å². The summed E-state index contributed by atoms with van der Waals surface area (Å²) in [5, 5.41) is 10.3. The van der Waals surface area contributed by atoms with Gasteiger partial charge >= 0.3 is 0 Å². The Morgan fingerprint density at radius 1 is 1.22 bits per heavy atom. The van der Waals surface area contributed by atoms with Gasteiger partial charge < -0.3 is 0 Å². The number of rotatable bonds is 6. The van der Waals surface area contributed by atoms with Crippen molar-refractivity contribution in [2.45, 2.75) is 13.8 Å². The number of carbonyl (C=O) groups is 2. The number of carbonyl (C=O) groups excluding carboxylic acids is 2. The zero-order chi connectivity index (χ0) is 17.0. The predicted molar refractivity (Wildman–Crippen MR) is 88.7 cm³/mol. The van der Waals surface area contributed by atoms with Crippen molar-refractivity contribution < 1.29 is 14.5 Å². The fraction of sp³-hybridized carbons (Fsp3) is 0.333. The number of hydrogen-bond acceptors (Lipinski definition) is 6. The molecule has 0 aromatic heterocycles. The van der Waals surface area contributed by atoms with Crippen molar-refractivity contribution in [3.8, 4) is 0 Å². The first-order valence-electron chi connectivity index (χ1n) is 7.18. The number of nitrogens with zero attached hydrogens (tertiary/aromatic N) is 3. The molecule has 1 aliphatic rings. The Labute approximate surface area is 138 Å². The molecule has 8 heteroatoms. The Bertz CT molecular complexity index is 653. The largest absolute Gasteiger partial charge is 0.294 e. The summed E-state index contributed by atoms with van der Waals surface area (Å²) in [4.78, 5) is 38.0. The van der Waals surface area contributed by atoms with Crippen molar-refractivity contribution in [1.29, 1.82) is 0 Å². The molecular weight excluding hydrogens is 318 g/mol. The lowest BCUT2D eigenvalue weighted by Gasteiger charge is -2.23. The van der Waals surface area contributed by atoms with Gasteiger partial charge in [0.2, 0.25) is 0 Å². The second kappa shape index (κ2) is 7.38. The van der Waals surface area contributed by atoms with E-state index in [0.29, 0.717) is 10.5 Å². The topological polar surface area (TPSA) is 83.8 Å². The number of nitro benzene ring substituents is 1. The van der Waals surface area contributed by atoms with Gasteiger partial charge in [0.15, 0.2) is 0 Å². The molecule has 122 valence electrons. The molecule has 1 aromatic carbocycles. The molecule has 0 atom stereocenters. The number of imide groups is 1. The summed E-state index contributed by atoms with van der Waals surface area (Å²) in [6.07, 6.45) is 1.58. The first kappa shape index (κ1) is 17.2. The molecule has 0 saturated carbocycles. The molecular formula is C15H17N3O4S. The minimum absolute atomic E-state index is 0.0169.